The predicted octanol–water partition coefficient (Wildman–Crippen LogP) is 0.601. The van der Waals surface area contributed by atoms with Crippen LogP contribution in [0.2, 0.25) is 0 Å². The minimum absolute atomic E-state index is 0.00595. The highest BCUT2D eigenvalue weighted by Crippen LogP contribution is 2.15. The number of para-hydroxylation sites is 1. The van der Waals surface area contributed by atoms with E-state index in [1.165, 1.54) is 10.9 Å². The Hall–Kier alpha value is -3.49. The van der Waals surface area contributed by atoms with Gasteiger partial charge in [-0.2, -0.15) is 0 Å². The molecule has 0 aliphatic carbocycles. The van der Waals surface area contributed by atoms with Crippen LogP contribution in [0.15, 0.2) is 47.5 Å². The van der Waals surface area contributed by atoms with E-state index in [4.69, 9.17) is 0 Å². The van der Waals surface area contributed by atoms with Crippen LogP contribution >= 0.6 is 0 Å². The smallest absolute Gasteiger partial charge is 0.261 e. The number of anilines is 2. The molecule has 1 amide bonds. The molecule has 1 aliphatic rings. The molecule has 9 nitrogen and oxygen atoms in total. The van der Waals surface area contributed by atoms with Gasteiger partial charge >= 0.3 is 0 Å². The molecule has 0 N–H and O–H groups in total. The first-order valence-corrected chi connectivity index (χ1v) is 9.51. The molecule has 4 rings (SSSR count). The number of nitrogens with zero attached hydrogens (tertiary/aromatic N) is 7. The second-order valence-corrected chi connectivity index (χ2v) is 7.21. The molecule has 2 aromatic heterocycles. The largest absolute Gasteiger partial charge is 0.361 e. The molecule has 1 aliphatic heterocycles. The maximum atomic E-state index is 12.7. The van der Waals surface area contributed by atoms with E-state index in [-0.39, 0.29) is 18.0 Å². The fourth-order valence-corrected chi connectivity index (χ4v) is 3.37. The number of benzene rings is 1. The van der Waals surface area contributed by atoms with Gasteiger partial charge < -0.3 is 14.7 Å². The number of hydrogen-bond acceptors (Lipinski definition) is 7. The van der Waals surface area contributed by atoms with E-state index in [0.717, 1.165) is 11.6 Å². The number of rotatable bonds is 4. The van der Waals surface area contributed by atoms with Crippen molar-refractivity contribution in [2.45, 2.75) is 6.54 Å². The predicted molar refractivity (Wildman–Crippen MR) is 111 cm³/mol. The van der Waals surface area contributed by atoms with Crippen LogP contribution in [0.5, 0.6) is 0 Å². The molecular formula is C20H23N7O2. The third kappa shape index (κ3) is 3.89. The van der Waals surface area contributed by atoms with Crippen molar-refractivity contribution in [2.24, 2.45) is 0 Å². The molecule has 1 aromatic carbocycles. The average Bonchev–Trinajstić information content (AvgIpc) is 2.76. The highest BCUT2D eigenvalue weighted by molar-refractivity contribution is 5.79. The quantitative estimate of drug-likeness (QED) is 0.641. The van der Waals surface area contributed by atoms with E-state index in [1.807, 2.05) is 37.2 Å². The molecule has 29 heavy (non-hydrogen) atoms. The minimum Gasteiger partial charge on any atom is -0.361 e. The molecule has 0 atom stereocenters. The molecule has 3 aromatic rings. The van der Waals surface area contributed by atoms with Gasteiger partial charge in [-0.1, -0.05) is 12.1 Å². The lowest BCUT2D eigenvalue weighted by Gasteiger charge is -2.35. The SMILES string of the molecule is CN(C)c1ccc(N2CCN(C(=O)Cn3cnc4ccccc4c3=O)CC2)nn1. The van der Waals surface area contributed by atoms with Gasteiger partial charge in [-0.3, -0.25) is 14.2 Å². The van der Waals surface area contributed by atoms with Crippen LogP contribution in [0.25, 0.3) is 10.9 Å². The first-order valence-electron chi connectivity index (χ1n) is 9.51. The zero-order chi connectivity index (χ0) is 20.4. The normalized spacial score (nSPS) is 14.3. The number of fused-ring (bicyclic) bond motifs is 1. The van der Waals surface area contributed by atoms with Gasteiger partial charge in [-0.15, -0.1) is 10.2 Å². The van der Waals surface area contributed by atoms with Crippen LogP contribution in [0, 0.1) is 0 Å². The average molecular weight is 393 g/mol. The molecule has 3 heterocycles. The number of piperazine rings is 1. The van der Waals surface area contributed by atoms with Crippen LogP contribution in [0.3, 0.4) is 0 Å². The third-order valence-electron chi connectivity index (χ3n) is 5.09. The Labute approximate surface area is 168 Å². The zero-order valence-electron chi connectivity index (χ0n) is 16.5. The summed E-state index contributed by atoms with van der Waals surface area (Å²) in [5, 5.41) is 9.01. The van der Waals surface area contributed by atoms with Gasteiger partial charge in [-0.05, 0) is 24.3 Å². The Morgan fingerprint density at radius 2 is 1.79 bits per heavy atom. The Bertz CT molecular complexity index is 1070. The van der Waals surface area contributed by atoms with Crippen LogP contribution in [-0.4, -0.2) is 70.8 Å². The van der Waals surface area contributed by atoms with E-state index in [1.54, 1.807) is 23.1 Å². The van der Waals surface area contributed by atoms with Crippen molar-refractivity contribution in [1.82, 2.24) is 24.6 Å². The second-order valence-electron chi connectivity index (χ2n) is 7.21. The fraction of sp³-hybridized carbons (Fsp3) is 0.350. The number of carbonyl (C=O) groups excluding carboxylic acids is 1. The first-order chi connectivity index (χ1) is 14.0. The molecule has 0 unspecified atom stereocenters. The second kappa shape index (κ2) is 7.86. The fourth-order valence-electron chi connectivity index (χ4n) is 3.37. The van der Waals surface area contributed by atoms with Crippen LogP contribution in [0.4, 0.5) is 11.6 Å². The van der Waals surface area contributed by atoms with Crippen molar-refractivity contribution in [3.05, 3.63) is 53.1 Å². The van der Waals surface area contributed by atoms with Crippen molar-refractivity contribution in [2.75, 3.05) is 50.1 Å². The molecule has 1 fully saturated rings. The van der Waals surface area contributed by atoms with E-state index in [0.29, 0.717) is 37.1 Å². The number of amides is 1. The third-order valence-corrected chi connectivity index (χ3v) is 5.09. The molecule has 0 saturated carbocycles. The summed E-state index contributed by atoms with van der Waals surface area (Å²) in [5.41, 5.74) is 0.440. The van der Waals surface area contributed by atoms with Gasteiger partial charge in [0.05, 0.1) is 17.2 Å². The summed E-state index contributed by atoms with van der Waals surface area (Å²) in [6.45, 7) is 2.49. The Kier molecular flexibility index (Phi) is 5.11. The van der Waals surface area contributed by atoms with Crippen LogP contribution in [0.1, 0.15) is 0 Å². The van der Waals surface area contributed by atoms with Crippen LogP contribution < -0.4 is 15.4 Å². The standard InChI is InChI=1S/C20H23N7O2/c1-24(2)17-7-8-18(23-22-17)25-9-11-26(12-10-25)19(28)13-27-14-21-16-6-4-3-5-15(16)20(27)29/h3-8,14H,9-13H2,1-2H3. The monoisotopic (exact) mass is 393 g/mol. The zero-order valence-corrected chi connectivity index (χ0v) is 16.5. The van der Waals surface area contributed by atoms with Gasteiger partial charge in [-0.25, -0.2) is 4.98 Å². The highest BCUT2D eigenvalue weighted by atomic mass is 16.2. The van der Waals surface area contributed by atoms with Gasteiger partial charge in [0, 0.05) is 40.3 Å². The highest BCUT2D eigenvalue weighted by Gasteiger charge is 2.22. The Balaban J connectivity index is 1.39. The topological polar surface area (TPSA) is 87.5 Å². The van der Waals surface area contributed by atoms with E-state index in [9.17, 15) is 9.59 Å². The maximum absolute atomic E-state index is 12.7. The Morgan fingerprint density at radius 3 is 2.48 bits per heavy atom. The summed E-state index contributed by atoms with van der Waals surface area (Å²) in [7, 11) is 3.84. The molecule has 1 saturated heterocycles. The lowest BCUT2D eigenvalue weighted by molar-refractivity contribution is -0.132. The summed E-state index contributed by atoms with van der Waals surface area (Å²) in [6, 6.07) is 11.0. The molecule has 150 valence electrons. The molecular weight excluding hydrogens is 370 g/mol. The molecule has 0 bridgehead atoms. The van der Waals surface area contributed by atoms with Gasteiger partial charge in [0.15, 0.2) is 11.6 Å². The number of carbonyl (C=O) groups is 1. The number of hydrogen-bond donors (Lipinski definition) is 0. The van der Waals surface area contributed by atoms with E-state index in [2.05, 4.69) is 20.1 Å². The molecule has 9 heteroatoms. The summed E-state index contributed by atoms with van der Waals surface area (Å²) in [6.07, 6.45) is 1.45. The van der Waals surface area contributed by atoms with Crippen molar-refractivity contribution >= 4 is 28.4 Å². The minimum atomic E-state index is -0.196. The van der Waals surface area contributed by atoms with Gasteiger partial charge in [0.2, 0.25) is 5.91 Å². The number of aromatic nitrogens is 4. The Morgan fingerprint density at radius 1 is 1.03 bits per heavy atom. The lowest BCUT2D eigenvalue weighted by atomic mass is 10.2. The summed E-state index contributed by atoms with van der Waals surface area (Å²) >= 11 is 0. The van der Waals surface area contributed by atoms with Crippen molar-refractivity contribution < 1.29 is 4.79 Å². The summed E-state index contributed by atoms with van der Waals surface area (Å²) < 4.78 is 1.38. The van der Waals surface area contributed by atoms with E-state index < -0.39 is 0 Å². The molecule has 0 spiro atoms. The summed E-state index contributed by atoms with van der Waals surface area (Å²) in [5.74, 6) is 1.52. The maximum Gasteiger partial charge on any atom is 0.261 e. The lowest BCUT2D eigenvalue weighted by Crippen LogP contribution is -2.50. The van der Waals surface area contributed by atoms with Crippen molar-refractivity contribution in [1.29, 1.82) is 0 Å². The van der Waals surface area contributed by atoms with Crippen molar-refractivity contribution in [3.8, 4) is 0 Å². The summed E-state index contributed by atoms with van der Waals surface area (Å²) in [4.78, 5) is 35.4. The van der Waals surface area contributed by atoms with Gasteiger partial charge in [0.25, 0.3) is 5.56 Å². The van der Waals surface area contributed by atoms with Gasteiger partial charge in [0.1, 0.15) is 6.54 Å². The molecule has 0 radical (unpaired) electrons. The van der Waals surface area contributed by atoms with Crippen molar-refractivity contribution in [3.63, 3.8) is 0 Å². The van der Waals surface area contributed by atoms with E-state index >= 15 is 0 Å². The first kappa shape index (κ1) is 18.9. The van der Waals surface area contributed by atoms with Crippen LogP contribution in [-0.2, 0) is 11.3 Å².